The molecule has 2 N–H and O–H groups in total. The Morgan fingerprint density at radius 2 is 1.95 bits per heavy atom. The van der Waals surface area contributed by atoms with Gasteiger partial charge in [-0.2, -0.15) is 5.26 Å². The van der Waals surface area contributed by atoms with Crippen LogP contribution < -0.4 is 5.32 Å². The molecule has 0 bridgehead atoms. The highest BCUT2D eigenvalue weighted by molar-refractivity contribution is 6.33. The van der Waals surface area contributed by atoms with Crippen molar-refractivity contribution < 1.29 is 9.50 Å². The smallest absolute Gasteiger partial charge is 0.147 e. The van der Waals surface area contributed by atoms with Crippen LogP contribution in [-0.2, 0) is 0 Å². The van der Waals surface area contributed by atoms with Crippen LogP contribution in [0.1, 0.15) is 17.2 Å². The lowest BCUT2D eigenvalue weighted by molar-refractivity contribution is 0.191. The van der Waals surface area contributed by atoms with Gasteiger partial charge in [0, 0.05) is 6.54 Å². The molecule has 0 radical (unpaired) electrons. The molecule has 3 nitrogen and oxygen atoms in total. The van der Waals surface area contributed by atoms with Gasteiger partial charge >= 0.3 is 0 Å². The van der Waals surface area contributed by atoms with Gasteiger partial charge in [0.25, 0.3) is 0 Å². The van der Waals surface area contributed by atoms with E-state index in [9.17, 15) is 9.50 Å². The van der Waals surface area contributed by atoms with Gasteiger partial charge in [-0.3, -0.25) is 0 Å². The third kappa shape index (κ3) is 3.27. The number of nitrogens with one attached hydrogen (secondary N) is 1. The van der Waals surface area contributed by atoms with Gasteiger partial charge in [0.2, 0.25) is 0 Å². The van der Waals surface area contributed by atoms with Crippen molar-refractivity contribution in [3.05, 3.63) is 64.4 Å². The molecule has 1 unspecified atom stereocenters. The van der Waals surface area contributed by atoms with Gasteiger partial charge in [0.05, 0.1) is 28.4 Å². The van der Waals surface area contributed by atoms with Crippen LogP contribution in [0, 0.1) is 17.1 Å². The zero-order valence-corrected chi connectivity index (χ0v) is 11.2. The van der Waals surface area contributed by atoms with Crippen LogP contribution in [0.2, 0.25) is 5.02 Å². The standard InChI is InChI=1S/C15H12ClFN2O/c16-12-2-1-3-13(17)15(12)19-9-14(20)11-6-4-10(8-18)5-7-11/h1-7,14,19-20H,9H2. The van der Waals surface area contributed by atoms with Crippen molar-refractivity contribution in [3.63, 3.8) is 0 Å². The van der Waals surface area contributed by atoms with Crippen LogP contribution in [0.3, 0.4) is 0 Å². The number of para-hydroxylation sites is 1. The third-order valence-corrected chi connectivity index (χ3v) is 3.17. The fourth-order valence-electron chi connectivity index (χ4n) is 1.76. The van der Waals surface area contributed by atoms with E-state index in [4.69, 9.17) is 16.9 Å². The van der Waals surface area contributed by atoms with E-state index in [1.807, 2.05) is 6.07 Å². The van der Waals surface area contributed by atoms with E-state index in [0.717, 1.165) is 0 Å². The van der Waals surface area contributed by atoms with Crippen molar-refractivity contribution in [2.45, 2.75) is 6.10 Å². The number of rotatable bonds is 4. The van der Waals surface area contributed by atoms with Crippen molar-refractivity contribution in [2.75, 3.05) is 11.9 Å². The number of hydrogen-bond donors (Lipinski definition) is 2. The number of benzene rings is 2. The molecule has 0 amide bonds. The first kappa shape index (κ1) is 14.3. The summed E-state index contributed by atoms with van der Waals surface area (Å²) in [5.74, 6) is -0.468. The lowest BCUT2D eigenvalue weighted by Crippen LogP contribution is -2.13. The zero-order valence-electron chi connectivity index (χ0n) is 10.5. The maximum absolute atomic E-state index is 13.5. The van der Waals surface area contributed by atoms with E-state index < -0.39 is 11.9 Å². The molecule has 0 fully saturated rings. The lowest BCUT2D eigenvalue weighted by atomic mass is 10.1. The van der Waals surface area contributed by atoms with Gasteiger partial charge in [-0.15, -0.1) is 0 Å². The molecule has 0 aliphatic heterocycles. The molecule has 5 heteroatoms. The SMILES string of the molecule is N#Cc1ccc(C(O)CNc2c(F)cccc2Cl)cc1. The summed E-state index contributed by atoms with van der Waals surface area (Å²) in [6, 6.07) is 12.9. The Balaban J connectivity index is 2.05. The van der Waals surface area contributed by atoms with Gasteiger partial charge in [-0.05, 0) is 29.8 Å². The Morgan fingerprint density at radius 3 is 2.55 bits per heavy atom. The first-order valence-electron chi connectivity index (χ1n) is 5.98. The minimum atomic E-state index is -0.821. The number of hydrogen-bond acceptors (Lipinski definition) is 3. The Hall–Kier alpha value is -2.09. The second-order valence-electron chi connectivity index (χ2n) is 4.23. The van der Waals surface area contributed by atoms with Crippen molar-refractivity contribution in [1.82, 2.24) is 0 Å². The molecule has 0 spiro atoms. The molecule has 2 rings (SSSR count). The Morgan fingerprint density at radius 1 is 1.25 bits per heavy atom. The van der Waals surface area contributed by atoms with Crippen molar-refractivity contribution in [3.8, 4) is 6.07 Å². The second kappa shape index (κ2) is 6.38. The molecule has 0 heterocycles. The number of aliphatic hydroxyl groups excluding tert-OH is 1. The second-order valence-corrected chi connectivity index (χ2v) is 4.63. The summed E-state index contributed by atoms with van der Waals surface area (Å²) in [6.07, 6.45) is -0.821. The Labute approximate surface area is 121 Å². The quantitative estimate of drug-likeness (QED) is 0.906. The first-order valence-corrected chi connectivity index (χ1v) is 6.35. The highest BCUT2D eigenvalue weighted by atomic mass is 35.5. The fraction of sp³-hybridized carbons (Fsp3) is 0.133. The van der Waals surface area contributed by atoms with Gasteiger partial charge in [-0.1, -0.05) is 29.8 Å². The van der Waals surface area contributed by atoms with Gasteiger partial charge in [-0.25, -0.2) is 4.39 Å². The highest BCUT2D eigenvalue weighted by Gasteiger charge is 2.11. The fourth-order valence-corrected chi connectivity index (χ4v) is 1.99. The molecule has 0 aliphatic carbocycles. The Kier molecular flexibility index (Phi) is 4.57. The van der Waals surface area contributed by atoms with E-state index in [0.29, 0.717) is 11.1 Å². The summed E-state index contributed by atoms with van der Waals surface area (Å²) in [5, 5.41) is 21.8. The highest BCUT2D eigenvalue weighted by Crippen LogP contribution is 2.25. The summed E-state index contributed by atoms with van der Waals surface area (Å²) >= 11 is 5.88. The summed E-state index contributed by atoms with van der Waals surface area (Å²) in [6.45, 7) is 0.118. The average molecular weight is 291 g/mol. The number of anilines is 1. The topological polar surface area (TPSA) is 56.0 Å². The normalized spacial score (nSPS) is 11.7. The van der Waals surface area contributed by atoms with E-state index in [1.165, 1.54) is 12.1 Å². The van der Waals surface area contributed by atoms with Crippen molar-refractivity contribution >= 4 is 17.3 Å². The molecule has 0 saturated carbocycles. The van der Waals surface area contributed by atoms with Gasteiger partial charge < -0.3 is 10.4 Å². The van der Waals surface area contributed by atoms with Crippen LogP contribution in [0.5, 0.6) is 0 Å². The van der Waals surface area contributed by atoms with Crippen LogP contribution in [0.4, 0.5) is 10.1 Å². The van der Waals surface area contributed by atoms with E-state index in [-0.39, 0.29) is 17.3 Å². The molecule has 0 saturated heterocycles. The average Bonchev–Trinajstić information content (AvgIpc) is 2.46. The predicted molar refractivity (Wildman–Crippen MR) is 76.0 cm³/mol. The predicted octanol–water partition coefficient (Wildman–Crippen LogP) is 3.50. The number of nitriles is 1. The van der Waals surface area contributed by atoms with Crippen LogP contribution in [0.15, 0.2) is 42.5 Å². The van der Waals surface area contributed by atoms with Crippen LogP contribution in [0.25, 0.3) is 0 Å². The largest absolute Gasteiger partial charge is 0.387 e. The van der Waals surface area contributed by atoms with Gasteiger partial charge in [0.1, 0.15) is 5.82 Å². The molecule has 0 aromatic heterocycles. The maximum Gasteiger partial charge on any atom is 0.147 e. The molecule has 102 valence electrons. The minimum Gasteiger partial charge on any atom is -0.387 e. The molecule has 2 aromatic carbocycles. The maximum atomic E-state index is 13.5. The minimum absolute atomic E-state index is 0.118. The summed E-state index contributed by atoms with van der Waals surface area (Å²) in [5.41, 5.74) is 1.33. The zero-order chi connectivity index (χ0) is 14.5. The van der Waals surface area contributed by atoms with Crippen LogP contribution in [-0.4, -0.2) is 11.7 Å². The van der Waals surface area contributed by atoms with E-state index in [2.05, 4.69) is 5.32 Å². The van der Waals surface area contributed by atoms with Crippen molar-refractivity contribution in [2.24, 2.45) is 0 Å². The third-order valence-electron chi connectivity index (χ3n) is 2.86. The Bertz CT molecular complexity index is 617. The summed E-state index contributed by atoms with van der Waals surface area (Å²) in [7, 11) is 0. The van der Waals surface area contributed by atoms with Gasteiger partial charge in [0.15, 0.2) is 0 Å². The molecular formula is C15H12ClFN2O. The molecule has 0 aliphatic rings. The lowest BCUT2D eigenvalue weighted by Gasteiger charge is -2.14. The number of aliphatic hydroxyl groups is 1. The monoisotopic (exact) mass is 290 g/mol. The van der Waals surface area contributed by atoms with Crippen LogP contribution >= 0.6 is 11.6 Å². The van der Waals surface area contributed by atoms with E-state index in [1.54, 1.807) is 30.3 Å². The summed E-state index contributed by atoms with van der Waals surface area (Å²) in [4.78, 5) is 0. The van der Waals surface area contributed by atoms with E-state index >= 15 is 0 Å². The molecule has 1 atom stereocenters. The molecule has 2 aromatic rings. The molecule has 20 heavy (non-hydrogen) atoms. The number of halogens is 2. The summed E-state index contributed by atoms with van der Waals surface area (Å²) < 4.78 is 13.5. The van der Waals surface area contributed by atoms with Crippen molar-refractivity contribution in [1.29, 1.82) is 5.26 Å². The molecular weight excluding hydrogens is 279 g/mol. The number of nitrogens with zero attached hydrogens (tertiary/aromatic N) is 1. The first-order chi connectivity index (χ1) is 9.61.